The number of nitrogens with zero attached hydrogens (tertiary/aromatic N) is 1. The summed E-state index contributed by atoms with van der Waals surface area (Å²) < 4.78 is 11.0. The first kappa shape index (κ1) is 20.7. The van der Waals surface area contributed by atoms with Crippen molar-refractivity contribution in [3.8, 4) is 0 Å². The molecular formula is C20H25IN4O3. The Balaban J connectivity index is 0.00000225. The first-order valence-corrected chi connectivity index (χ1v) is 9.27. The summed E-state index contributed by atoms with van der Waals surface area (Å²) in [5, 5.41) is 9.61. The van der Waals surface area contributed by atoms with Crippen molar-refractivity contribution < 1.29 is 13.9 Å². The maximum Gasteiger partial charge on any atom is 0.291 e. The second kappa shape index (κ2) is 9.42. The van der Waals surface area contributed by atoms with Crippen LogP contribution in [0.5, 0.6) is 0 Å². The Morgan fingerprint density at radius 3 is 2.64 bits per heavy atom. The van der Waals surface area contributed by atoms with E-state index in [1.54, 1.807) is 19.2 Å². The number of aliphatic imine (C=N–C) groups is 1. The lowest BCUT2D eigenvalue weighted by molar-refractivity contribution is 0.0990. The van der Waals surface area contributed by atoms with Crippen LogP contribution in [0.15, 0.2) is 52.1 Å². The number of halogens is 1. The molecule has 2 aromatic rings. The number of fused-ring (bicyclic) bond motifs is 2. The number of amides is 1. The summed E-state index contributed by atoms with van der Waals surface area (Å²) in [6, 6.07) is 11.3. The number of guanidine groups is 1. The first-order valence-electron chi connectivity index (χ1n) is 9.27. The van der Waals surface area contributed by atoms with Crippen LogP contribution in [-0.4, -0.2) is 37.2 Å². The molecule has 0 radical (unpaired) electrons. The molecule has 3 atom stereocenters. The molecule has 2 aliphatic heterocycles. The van der Waals surface area contributed by atoms with Crippen LogP contribution in [0.1, 0.15) is 35.4 Å². The zero-order valence-corrected chi connectivity index (χ0v) is 18.0. The van der Waals surface area contributed by atoms with E-state index in [-0.39, 0.29) is 29.9 Å². The van der Waals surface area contributed by atoms with Crippen molar-refractivity contribution in [2.24, 2.45) is 4.99 Å². The van der Waals surface area contributed by atoms with Gasteiger partial charge in [0.1, 0.15) is 0 Å². The Kier molecular flexibility index (Phi) is 6.95. The molecule has 28 heavy (non-hydrogen) atoms. The summed E-state index contributed by atoms with van der Waals surface area (Å²) in [7, 11) is 1.77. The van der Waals surface area contributed by atoms with E-state index < -0.39 is 0 Å². The number of benzene rings is 1. The van der Waals surface area contributed by atoms with Gasteiger partial charge in [-0.3, -0.25) is 9.79 Å². The lowest BCUT2D eigenvalue weighted by Gasteiger charge is -2.22. The second-order valence-corrected chi connectivity index (χ2v) is 6.91. The van der Waals surface area contributed by atoms with E-state index in [9.17, 15) is 4.79 Å². The monoisotopic (exact) mass is 496 g/mol. The molecule has 2 saturated heterocycles. The smallest absolute Gasteiger partial charge is 0.291 e. The zero-order chi connectivity index (χ0) is 18.6. The highest BCUT2D eigenvalue weighted by Gasteiger charge is 2.41. The van der Waals surface area contributed by atoms with E-state index in [0.717, 1.165) is 30.1 Å². The molecule has 3 heterocycles. The SMILES string of the molecule is CN=C(NCc1ccc(NC(=O)c2ccco2)cc1)NC1CC2CCC1O2.I. The third-order valence-corrected chi connectivity index (χ3v) is 5.07. The fourth-order valence-corrected chi connectivity index (χ4v) is 3.65. The van der Waals surface area contributed by atoms with Crippen molar-refractivity contribution in [3.05, 3.63) is 54.0 Å². The van der Waals surface area contributed by atoms with Crippen LogP contribution >= 0.6 is 24.0 Å². The summed E-state index contributed by atoms with van der Waals surface area (Å²) in [4.78, 5) is 16.3. The Morgan fingerprint density at radius 1 is 1.21 bits per heavy atom. The van der Waals surface area contributed by atoms with E-state index in [0.29, 0.717) is 30.6 Å². The number of anilines is 1. The van der Waals surface area contributed by atoms with E-state index >= 15 is 0 Å². The Hall–Kier alpha value is -2.07. The van der Waals surface area contributed by atoms with Gasteiger partial charge in [-0.2, -0.15) is 0 Å². The van der Waals surface area contributed by atoms with Crippen molar-refractivity contribution in [2.45, 2.75) is 44.1 Å². The van der Waals surface area contributed by atoms with Gasteiger partial charge < -0.3 is 25.1 Å². The van der Waals surface area contributed by atoms with Crippen LogP contribution < -0.4 is 16.0 Å². The molecule has 8 heteroatoms. The predicted molar refractivity (Wildman–Crippen MR) is 118 cm³/mol. The van der Waals surface area contributed by atoms with Crippen LogP contribution in [0.3, 0.4) is 0 Å². The summed E-state index contributed by atoms with van der Waals surface area (Å²) >= 11 is 0. The molecule has 1 aromatic heterocycles. The van der Waals surface area contributed by atoms with Crippen molar-refractivity contribution in [1.82, 2.24) is 10.6 Å². The van der Waals surface area contributed by atoms with Crippen molar-refractivity contribution in [2.75, 3.05) is 12.4 Å². The number of rotatable bonds is 5. The quantitative estimate of drug-likeness (QED) is 0.337. The number of ether oxygens (including phenoxy) is 1. The molecule has 0 saturated carbocycles. The summed E-state index contributed by atoms with van der Waals surface area (Å²) in [5.41, 5.74) is 1.82. The maximum absolute atomic E-state index is 12.0. The first-order chi connectivity index (χ1) is 13.2. The van der Waals surface area contributed by atoms with Gasteiger partial charge in [0.15, 0.2) is 11.7 Å². The minimum atomic E-state index is -0.261. The van der Waals surface area contributed by atoms with Crippen molar-refractivity contribution in [3.63, 3.8) is 0 Å². The standard InChI is InChI=1S/C20H24N4O3.HI/c1-21-20(24-16-11-15-8-9-17(16)27-15)22-12-13-4-6-14(7-5-13)23-19(25)18-3-2-10-26-18;/h2-7,10,15-17H,8-9,11-12H2,1H3,(H,23,25)(H2,21,22,24);1H. The van der Waals surface area contributed by atoms with Gasteiger partial charge in [-0.05, 0) is 49.1 Å². The molecule has 2 aliphatic rings. The number of hydrogen-bond acceptors (Lipinski definition) is 4. The molecule has 3 N–H and O–H groups in total. The van der Waals surface area contributed by atoms with Gasteiger partial charge in [-0.1, -0.05) is 12.1 Å². The lowest BCUT2D eigenvalue weighted by Crippen LogP contribution is -2.47. The number of furan rings is 1. The molecule has 1 aromatic carbocycles. The molecule has 0 aliphatic carbocycles. The Morgan fingerprint density at radius 2 is 2.04 bits per heavy atom. The highest BCUT2D eigenvalue weighted by Crippen LogP contribution is 2.34. The van der Waals surface area contributed by atoms with Crippen LogP contribution in [0, 0.1) is 0 Å². The highest BCUT2D eigenvalue weighted by atomic mass is 127. The second-order valence-electron chi connectivity index (χ2n) is 6.91. The van der Waals surface area contributed by atoms with Gasteiger partial charge in [-0.25, -0.2) is 0 Å². The molecule has 150 valence electrons. The topological polar surface area (TPSA) is 87.9 Å². The van der Waals surface area contributed by atoms with Crippen LogP contribution in [0.2, 0.25) is 0 Å². The van der Waals surface area contributed by atoms with E-state index in [2.05, 4.69) is 20.9 Å². The lowest BCUT2D eigenvalue weighted by atomic mass is 9.96. The van der Waals surface area contributed by atoms with Gasteiger partial charge in [-0.15, -0.1) is 24.0 Å². The third kappa shape index (κ3) is 4.85. The fraction of sp³-hybridized carbons (Fsp3) is 0.400. The number of carbonyl (C=O) groups excluding carboxylic acids is 1. The largest absolute Gasteiger partial charge is 0.459 e. The summed E-state index contributed by atoms with van der Waals surface area (Å²) in [5.74, 6) is 0.815. The Bertz CT molecular complexity index is 807. The maximum atomic E-state index is 12.0. The van der Waals surface area contributed by atoms with E-state index in [1.165, 1.54) is 12.7 Å². The van der Waals surface area contributed by atoms with Crippen LogP contribution in [-0.2, 0) is 11.3 Å². The van der Waals surface area contributed by atoms with E-state index in [1.807, 2.05) is 24.3 Å². The number of hydrogen-bond donors (Lipinski definition) is 3. The van der Waals surface area contributed by atoms with Gasteiger partial charge >= 0.3 is 0 Å². The minimum Gasteiger partial charge on any atom is -0.459 e. The number of nitrogens with one attached hydrogen (secondary N) is 3. The molecule has 7 nitrogen and oxygen atoms in total. The predicted octanol–water partition coefficient (Wildman–Crippen LogP) is 3.13. The molecule has 2 fully saturated rings. The minimum absolute atomic E-state index is 0. The van der Waals surface area contributed by atoms with Crippen LogP contribution in [0.25, 0.3) is 0 Å². The average Bonchev–Trinajstić information content (AvgIpc) is 3.44. The van der Waals surface area contributed by atoms with Gasteiger partial charge in [0.2, 0.25) is 0 Å². The third-order valence-electron chi connectivity index (χ3n) is 5.07. The summed E-state index contributed by atoms with van der Waals surface area (Å²) in [6.07, 6.45) is 5.56. The molecule has 0 spiro atoms. The zero-order valence-electron chi connectivity index (χ0n) is 15.7. The van der Waals surface area contributed by atoms with Gasteiger partial charge in [0, 0.05) is 19.3 Å². The average molecular weight is 496 g/mol. The van der Waals surface area contributed by atoms with E-state index in [4.69, 9.17) is 9.15 Å². The molecule has 3 unspecified atom stereocenters. The fourth-order valence-electron chi connectivity index (χ4n) is 3.65. The van der Waals surface area contributed by atoms with Gasteiger partial charge in [0.25, 0.3) is 5.91 Å². The molecular weight excluding hydrogens is 471 g/mol. The molecule has 4 rings (SSSR count). The summed E-state index contributed by atoms with van der Waals surface area (Å²) in [6.45, 7) is 0.647. The normalized spacial score (nSPS) is 23.2. The highest BCUT2D eigenvalue weighted by molar-refractivity contribution is 14.0. The van der Waals surface area contributed by atoms with Crippen molar-refractivity contribution >= 4 is 41.5 Å². The van der Waals surface area contributed by atoms with Crippen molar-refractivity contribution in [1.29, 1.82) is 0 Å². The molecule has 2 bridgehead atoms. The molecule has 1 amide bonds. The van der Waals surface area contributed by atoms with Gasteiger partial charge in [0.05, 0.1) is 24.5 Å². The number of carbonyl (C=O) groups is 1. The van der Waals surface area contributed by atoms with Crippen LogP contribution in [0.4, 0.5) is 5.69 Å². The Labute approximate surface area is 181 Å².